The minimum atomic E-state index is -0.386. The number of phenolic OH excluding ortho intramolecular Hbond substituents is 1. The predicted octanol–water partition coefficient (Wildman–Crippen LogP) is 1.45. The zero-order chi connectivity index (χ0) is 13.7. The molecule has 4 N–H and O–H groups in total. The largest absolute Gasteiger partial charge is 0.504 e. The first kappa shape index (κ1) is 12.7. The first-order chi connectivity index (χ1) is 9.20. The molecule has 7 heteroatoms. The molecule has 0 spiro atoms. The summed E-state index contributed by atoms with van der Waals surface area (Å²) in [7, 11) is 1.47. The van der Waals surface area contributed by atoms with E-state index in [9.17, 15) is 9.90 Å². The molecular weight excluding hydrogens is 248 g/mol. The quantitative estimate of drug-likeness (QED) is 0.670. The lowest BCUT2D eigenvalue weighted by Gasteiger charge is -2.10. The maximum Gasteiger partial charge on any atom is 0.319 e. The number of urea groups is 1. The molecule has 2 rings (SSSR count). The van der Waals surface area contributed by atoms with Crippen LogP contribution in [0.15, 0.2) is 30.6 Å². The van der Waals surface area contributed by atoms with Crippen LogP contribution in [0.4, 0.5) is 10.5 Å². The number of benzene rings is 1. The lowest BCUT2D eigenvalue weighted by molar-refractivity contribution is 0.251. The lowest BCUT2D eigenvalue weighted by Crippen LogP contribution is -2.28. The number of nitrogens with zero attached hydrogens (tertiary/aromatic N) is 1. The third-order valence-corrected chi connectivity index (χ3v) is 2.50. The minimum absolute atomic E-state index is 0.0219. The normalized spacial score (nSPS) is 9.95. The van der Waals surface area contributed by atoms with Crippen molar-refractivity contribution in [3.63, 3.8) is 0 Å². The Morgan fingerprint density at radius 1 is 1.53 bits per heavy atom. The van der Waals surface area contributed by atoms with Gasteiger partial charge in [-0.15, -0.1) is 0 Å². The second-order valence-electron chi connectivity index (χ2n) is 3.76. The van der Waals surface area contributed by atoms with Gasteiger partial charge in [-0.2, -0.15) is 5.10 Å². The highest BCUT2D eigenvalue weighted by Gasteiger charge is 2.08. The van der Waals surface area contributed by atoms with Crippen molar-refractivity contribution >= 4 is 11.7 Å². The third kappa shape index (κ3) is 3.15. The van der Waals surface area contributed by atoms with Gasteiger partial charge in [0.1, 0.15) is 0 Å². The minimum Gasteiger partial charge on any atom is -0.504 e. The highest BCUT2D eigenvalue weighted by Crippen LogP contribution is 2.29. The number of methoxy groups -OCH3 is 1. The number of ether oxygens (including phenoxy) is 1. The van der Waals surface area contributed by atoms with Gasteiger partial charge in [0.15, 0.2) is 11.5 Å². The van der Waals surface area contributed by atoms with Gasteiger partial charge in [-0.25, -0.2) is 4.79 Å². The molecule has 7 nitrogen and oxygen atoms in total. The fourth-order valence-electron chi connectivity index (χ4n) is 1.55. The van der Waals surface area contributed by atoms with E-state index in [0.29, 0.717) is 17.0 Å². The number of aromatic hydroxyl groups is 1. The Bertz CT molecular complexity index is 554. The fraction of sp³-hybridized carbons (Fsp3) is 0.167. The molecule has 0 fully saturated rings. The van der Waals surface area contributed by atoms with Crippen LogP contribution in [-0.2, 0) is 6.54 Å². The zero-order valence-corrected chi connectivity index (χ0v) is 10.3. The number of hydrogen-bond acceptors (Lipinski definition) is 4. The van der Waals surface area contributed by atoms with Crippen molar-refractivity contribution in [3.8, 4) is 11.5 Å². The molecule has 1 aromatic carbocycles. The zero-order valence-electron chi connectivity index (χ0n) is 10.3. The van der Waals surface area contributed by atoms with Gasteiger partial charge in [0, 0.05) is 18.3 Å². The van der Waals surface area contributed by atoms with Crippen LogP contribution in [-0.4, -0.2) is 28.4 Å². The van der Waals surface area contributed by atoms with E-state index >= 15 is 0 Å². The van der Waals surface area contributed by atoms with Crippen LogP contribution in [0, 0.1) is 0 Å². The molecule has 2 aromatic rings. The average Bonchev–Trinajstić information content (AvgIpc) is 2.90. The smallest absolute Gasteiger partial charge is 0.319 e. The van der Waals surface area contributed by atoms with Gasteiger partial charge in [-0.3, -0.25) is 5.10 Å². The number of aromatic amines is 1. The van der Waals surface area contributed by atoms with Gasteiger partial charge < -0.3 is 20.5 Å². The highest BCUT2D eigenvalue weighted by atomic mass is 16.5. The maximum atomic E-state index is 11.6. The van der Waals surface area contributed by atoms with Crippen molar-refractivity contribution in [1.82, 2.24) is 15.5 Å². The number of H-pyrrole nitrogens is 1. The second-order valence-corrected chi connectivity index (χ2v) is 3.76. The van der Waals surface area contributed by atoms with Gasteiger partial charge in [0.2, 0.25) is 0 Å². The summed E-state index contributed by atoms with van der Waals surface area (Å²) in [4.78, 5) is 11.6. The predicted molar refractivity (Wildman–Crippen MR) is 69.1 cm³/mol. The van der Waals surface area contributed by atoms with Crippen molar-refractivity contribution in [3.05, 3.63) is 36.2 Å². The SMILES string of the molecule is COc1cccc(CNC(=O)Nc2cn[nH]c2)c1O. The first-order valence-electron chi connectivity index (χ1n) is 5.59. The Balaban J connectivity index is 1.93. The molecule has 100 valence electrons. The van der Waals surface area contributed by atoms with E-state index < -0.39 is 0 Å². The Kier molecular flexibility index (Phi) is 3.87. The number of nitrogens with one attached hydrogen (secondary N) is 3. The van der Waals surface area contributed by atoms with Crippen LogP contribution in [0.1, 0.15) is 5.56 Å². The summed E-state index contributed by atoms with van der Waals surface area (Å²) in [5, 5.41) is 21.3. The fourth-order valence-corrected chi connectivity index (χ4v) is 1.55. The number of hydrogen-bond donors (Lipinski definition) is 4. The number of para-hydroxylation sites is 1. The molecular formula is C12H14N4O3. The highest BCUT2D eigenvalue weighted by molar-refractivity contribution is 5.88. The van der Waals surface area contributed by atoms with Crippen molar-refractivity contribution in [1.29, 1.82) is 0 Å². The van der Waals surface area contributed by atoms with Gasteiger partial charge >= 0.3 is 6.03 Å². The van der Waals surface area contributed by atoms with Crippen LogP contribution in [0.3, 0.4) is 0 Å². The number of carbonyl (C=O) groups is 1. The average molecular weight is 262 g/mol. The van der Waals surface area contributed by atoms with Gasteiger partial charge in [0.25, 0.3) is 0 Å². The molecule has 0 aliphatic rings. The van der Waals surface area contributed by atoms with E-state index in [1.807, 2.05) is 0 Å². The molecule has 2 amide bonds. The molecule has 0 aliphatic carbocycles. The summed E-state index contributed by atoms with van der Waals surface area (Å²) in [6.07, 6.45) is 3.05. The molecule has 0 unspecified atom stereocenters. The molecule has 1 aromatic heterocycles. The number of aromatic nitrogens is 2. The summed E-state index contributed by atoms with van der Waals surface area (Å²) in [5.41, 5.74) is 1.13. The summed E-state index contributed by atoms with van der Waals surface area (Å²) >= 11 is 0. The van der Waals surface area contributed by atoms with Crippen LogP contribution in [0.2, 0.25) is 0 Å². The van der Waals surface area contributed by atoms with Gasteiger partial charge in [-0.1, -0.05) is 12.1 Å². The van der Waals surface area contributed by atoms with E-state index in [1.165, 1.54) is 13.3 Å². The molecule has 0 atom stereocenters. The topological polar surface area (TPSA) is 99.3 Å². The number of rotatable bonds is 4. The Morgan fingerprint density at radius 3 is 3.05 bits per heavy atom. The molecule has 0 aliphatic heterocycles. The molecule has 0 radical (unpaired) electrons. The summed E-state index contributed by atoms with van der Waals surface area (Å²) in [6, 6.07) is 4.70. The second kappa shape index (κ2) is 5.76. The van der Waals surface area contributed by atoms with Gasteiger partial charge in [-0.05, 0) is 6.07 Å². The Morgan fingerprint density at radius 2 is 2.37 bits per heavy atom. The molecule has 0 saturated carbocycles. The maximum absolute atomic E-state index is 11.6. The molecule has 0 saturated heterocycles. The van der Waals surface area contributed by atoms with E-state index in [-0.39, 0.29) is 18.3 Å². The van der Waals surface area contributed by atoms with Crippen LogP contribution >= 0.6 is 0 Å². The summed E-state index contributed by atoms with van der Waals surface area (Å²) in [6.45, 7) is 0.187. The van der Waals surface area contributed by atoms with Gasteiger partial charge in [0.05, 0.1) is 19.0 Å². The first-order valence-corrected chi connectivity index (χ1v) is 5.59. The van der Waals surface area contributed by atoms with Crippen LogP contribution in [0.5, 0.6) is 11.5 Å². The summed E-state index contributed by atoms with van der Waals surface area (Å²) < 4.78 is 4.99. The molecule has 0 bridgehead atoms. The van der Waals surface area contributed by atoms with Crippen molar-refractivity contribution < 1.29 is 14.6 Å². The molecule has 19 heavy (non-hydrogen) atoms. The van der Waals surface area contributed by atoms with Crippen molar-refractivity contribution in [2.75, 3.05) is 12.4 Å². The van der Waals surface area contributed by atoms with Crippen molar-refractivity contribution in [2.45, 2.75) is 6.54 Å². The lowest BCUT2D eigenvalue weighted by atomic mass is 10.2. The van der Waals surface area contributed by atoms with E-state index in [4.69, 9.17) is 4.74 Å². The van der Waals surface area contributed by atoms with E-state index in [1.54, 1.807) is 24.4 Å². The Hall–Kier alpha value is -2.70. The number of anilines is 1. The van der Waals surface area contributed by atoms with E-state index in [2.05, 4.69) is 20.8 Å². The van der Waals surface area contributed by atoms with Crippen LogP contribution in [0.25, 0.3) is 0 Å². The summed E-state index contributed by atoms with van der Waals surface area (Å²) in [5.74, 6) is 0.392. The Labute approximate surface area is 109 Å². The van der Waals surface area contributed by atoms with Crippen molar-refractivity contribution in [2.24, 2.45) is 0 Å². The monoisotopic (exact) mass is 262 g/mol. The third-order valence-electron chi connectivity index (χ3n) is 2.50. The number of carbonyl (C=O) groups excluding carboxylic acids is 1. The number of amides is 2. The standard InChI is InChI=1S/C12H14N4O3/c1-19-10-4-2-3-8(11(10)17)5-13-12(18)16-9-6-14-15-7-9/h2-4,6-7,17H,5H2,1H3,(H,14,15)(H2,13,16,18). The molecule has 1 heterocycles. The number of phenols is 1. The van der Waals surface area contributed by atoms with E-state index in [0.717, 1.165) is 0 Å². The van der Waals surface area contributed by atoms with Crippen LogP contribution < -0.4 is 15.4 Å².